The van der Waals surface area contributed by atoms with E-state index in [1.165, 1.54) is 43.0 Å². The fourth-order valence-corrected chi connectivity index (χ4v) is 17.5. The van der Waals surface area contributed by atoms with Gasteiger partial charge in [-0.3, -0.25) is 0 Å². The van der Waals surface area contributed by atoms with Gasteiger partial charge in [0.2, 0.25) is 0 Å². The molecule has 0 aromatic heterocycles. The van der Waals surface area contributed by atoms with Gasteiger partial charge in [-0.15, -0.1) is 0 Å². The summed E-state index contributed by atoms with van der Waals surface area (Å²) in [7, 11) is -6.72. The number of rotatable bonds is 18. The first-order chi connectivity index (χ1) is 37.6. The monoisotopic (exact) mass is 1090 g/mol. The summed E-state index contributed by atoms with van der Waals surface area (Å²) < 4.78 is 89.1. The number of ether oxygens (including phenoxy) is 2. The van der Waals surface area contributed by atoms with E-state index in [2.05, 4.69) is 249 Å². The average molecular weight is 1090 g/mol. The molecule has 0 aliphatic carbocycles. The summed E-state index contributed by atoms with van der Waals surface area (Å²) in [5.41, 5.74) is -0.645. The number of halogens is 6. The van der Waals surface area contributed by atoms with Gasteiger partial charge in [0.25, 0.3) is 0 Å². The number of hydrogen-bond acceptors (Lipinski definition) is 5. The molecular weight excluding hydrogens is 1040 g/mol. The Bertz CT molecular complexity index is 2760. The molecule has 9 aromatic carbocycles. The molecular formula is C64H59BF6O5P2. The maximum absolute atomic E-state index is 12.3. The molecule has 5 nitrogen and oxygen atoms in total. The first-order valence-corrected chi connectivity index (χ1v) is 29.4. The topological polar surface area (TPSA) is 73.8 Å². The molecule has 400 valence electrons. The smallest absolute Gasteiger partial charge is 0.416 e. The summed E-state index contributed by atoms with van der Waals surface area (Å²) >= 11 is 0. The third-order valence-electron chi connectivity index (χ3n) is 12.6. The molecule has 14 heteroatoms. The molecule has 0 aliphatic heterocycles. The van der Waals surface area contributed by atoms with Crippen molar-refractivity contribution in [2.24, 2.45) is 0 Å². The highest BCUT2D eigenvalue weighted by atomic mass is 31.2. The Labute approximate surface area is 455 Å². The molecule has 0 aliphatic rings. The SMILES string of the molecule is CCCOc1ccc(C[P+](c2ccccc2)(c2ccccc2)c2ccccc2)cc1.CCCOc1ccc(C[P+](c2ccccc2)(c2ccccc2)c2ccccc2)cc1.[O-]B([O-])Oc1cc(C(F)(F)F)cc(C(F)(F)F)c1. The predicted octanol–water partition coefficient (Wildman–Crippen LogP) is 12.7. The Balaban J connectivity index is 0.000000176. The summed E-state index contributed by atoms with van der Waals surface area (Å²) in [6, 6.07) is 83.7. The lowest BCUT2D eigenvalue weighted by Gasteiger charge is -2.28. The summed E-state index contributed by atoms with van der Waals surface area (Å²) in [5.74, 6) is 0.819. The number of benzene rings is 9. The Hall–Kier alpha value is -7.20. The van der Waals surface area contributed by atoms with Gasteiger partial charge in [0.15, 0.2) is 0 Å². The van der Waals surface area contributed by atoms with Crippen LogP contribution in [0.4, 0.5) is 26.3 Å². The minimum Gasteiger partial charge on any atom is -0.860 e. The average Bonchev–Trinajstić information content (AvgIpc) is 3.54. The van der Waals surface area contributed by atoms with E-state index in [1.54, 1.807) is 0 Å². The third kappa shape index (κ3) is 15.5. The Kier molecular flexibility index (Phi) is 20.9. The second-order valence-electron chi connectivity index (χ2n) is 18.1. The highest BCUT2D eigenvalue weighted by molar-refractivity contribution is 7.95. The molecule has 0 amide bonds. The van der Waals surface area contributed by atoms with Gasteiger partial charge < -0.3 is 24.2 Å². The van der Waals surface area contributed by atoms with Crippen LogP contribution in [0.1, 0.15) is 48.9 Å². The molecule has 0 heterocycles. The normalized spacial score (nSPS) is 11.5. The maximum atomic E-state index is 12.3. The molecule has 9 aromatic rings. The number of alkyl halides is 6. The molecule has 0 bridgehead atoms. The van der Waals surface area contributed by atoms with Crippen LogP contribution >= 0.6 is 14.5 Å². The second kappa shape index (κ2) is 27.9. The van der Waals surface area contributed by atoms with Crippen molar-refractivity contribution in [2.45, 2.75) is 51.4 Å². The van der Waals surface area contributed by atoms with Gasteiger partial charge >= 0.3 is 12.4 Å². The fraction of sp³-hybridized carbons (Fsp3) is 0.156. The van der Waals surface area contributed by atoms with Crippen LogP contribution < -0.4 is 56.0 Å². The lowest BCUT2D eigenvalue weighted by molar-refractivity contribution is -0.372. The quantitative estimate of drug-likeness (QED) is 0.0486. The van der Waals surface area contributed by atoms with Crippen molar-refractivity contribution in [3.63, 3.8) is 0 Å². The highest BCUT2D eigenvalue weighted by Crippen LogP contribution is 2.59. The molecule has 0 radical (unpaired) electrons. The molecule has 0 fully saturated rings. The van der Waals surface area contributed by atoms with Gasteiger partial charge in [0.05, 0.1) is 42.4 Å². The third-order valence-corrected chi connectivity index (χ3v) is 21.4. The molecule has 78 heavy (non-hydrogen) atoms. The highest BCUT2D eigenvalue weighted by Gasteiger charge is 2.47. The van der Waals surface area contributed by atoms with E-state index in [0.29, 0.717) is 0 Å². The van der Waals surface area contributed by atoms with Crippen LogP contribution in [0.25, 0.3) is 0 Å². The Morgan fingerprint density at radius 1 is 0.359 bits per heavy atom. The second-order valence-corrected chi connectivity index (χ2v) is 25.1. The first kappa shape index (κ1) is 58.5. The van der Waals surface area contributed by atoms with E-state index in [-0.39, 0.29) is 18.2 Å². The molecule has 0 atom stereocenters. The van der Waals surface area contributed by atoms with Crippen LogP contribution in [0.2, 0.25) is 0 Å². The zero-order valence-electron chi connectivity index (χ0n) is 43.2. The van der Waals surface area contributed by atoms with Crippen molar-refractivity contribution < 1.29 is 50.5 Å². The summed E-state index contributed by atoms with van der Waals surface area (Å²) in [6.45, 7) is 5.78. The molecule has 0 spiro atoms. The minimum absolute atomic E-state index is 0.141. The Morgan fingerprint density at radius 3 is 0.833 bits per heavy atom. The van der Waals surface area contributed by atoms with Crippen molar-refractivity contribution in [1.29, 1.82) is 0 Å². The van der Waals surface area contributed by atoms with Crippen LogP contribution in [0.5, 0.6) is 17.2 Å². The van der Waals surface area contributed by atoms with E-state index in [1.807, 2.05) is 0 Å². The largest absolute Gasteiger partial charge is 0.860 e. The van der Waals surface area contributed by atoms with E-state index in [4.69, 9.17) is 9.47 Å². The minimum atomic E-state index is -5.05. The van der Waals surface area contributed by atoms with E-state index < -0.39 is 51.1 Å². The molecule has 0 N–H and O–H groups in total. The number of hydrogen-bond donors (Lipinski definition) is 0. The molecule has 0 unspecified atom stereocenters. The summed E-state index contributed by atoms with van der Waals surface area (Å²) in [5, 5.41) is 28.6. The van der Waals surface area contributed by atoms with E-state index in [9.17, 15) is 36.4 Å². The molecule has 0 saturated carbocycles. The van der Waals surface area contributed by atoms with Gasteiger partial charge in [-0.1, -0.05) is 147 Å². The van der Waals surface area contributed by atoms with Crippen molar-refractivity contribution in [2.75, 3.05) is 13.2 Å². The summed E-state index contributed by atoms with van der Waals surface area (Å²) in [4.78, 5) is 0. The van der Waals surface area contributed by atoms with Crippen LogP contribution in [0, 0.1) is 0 Å². The van der Waals surface area contributed by atoms with Crippen LogP contribution in [-0.2, 0) is 24.7 Å². The zero-order chi connectivity index (χ0) is 55.4. The fourth-order valence-electron chi connectivity index (χ4n) is 9.01. The van der Waals surface area contributed by atoms with Crippen LogP contribution in [0.15, 0.2) is 249 Å². The molecule has 9 rings (SSSR count). The van der Waals surface area contributed by atoms with Crippen molar-refractivity contribution in [3.05, 3.63) is 271 Å². The standard InChI is InChI=1S/2C28H28OP.C8H3BF6O3/c2*1-2-22-29-25-20-18-24(19-21-25)23-30(26-12-6-3-7-13-26,27-14-8-4-9-15-27)28-16-10-5-11-17-28;10-7(11,12)4-1-5(8(13,14)15)3-6(2-4)18-9(16)17/h2*3-21H,2,22-23H2,1H3;1-3H/q2*+1;-2. The van der Waals surface area contributed by atoms with Gasteiger partial charge in [-0.25, -0.2) is 0 Å². The van der Waals surface area contributed by atoms with Crippen molar-refractivity contribution >= 4 is 53.7 Å². The first-order valence-electron chi connectivity index (χ1n) is 25.5. The lowest BCUT2D eigenvalue weighted by atomic mass is 10.1. The van der Waals surface area contributed by atoms with Crippen molar-refractivity contribution in [1.82, 2.24) is 0 Å². The van der Waals surface area contributed by atoms with E-state index in [0.717, 1.165) is 49.9 Å². The van der Waals surface area contributed by atoms with Gasteiger partial charge in [0, 0.05) is 0 Å². The summed E-state index contributed by atoms with van der Waals surface area (Å²) in [6.07, 6.45) is -6.10. The van der Waals surface area contributed by atoms with Crippen LogP contribution in [0.3, 0.4) is 0 Å². The zero-order valence-corrected chi connectivity index (χ0v) is 45.0. The van der Waals surface area contributed by atoms with Gasteiger partial charge in [-0.05, 0) is 139 Å². The van der Waals surface area contributed by atoms with Gasteiger partial charge in [-0.2, -0.15) is 26.3 Å². The lowest BCUT2D eigenvalue weighted by Crippen LogP contribution is -2.50. The molecule has 0 saturated heterocycles. The predicted molar refractivity (Wildman–Crippen MR) is 305 cm³/mol. The van der Waals surface area contributed by atoms with Gasteiger partial charge in [0.1, 0.15) is 65.2 Å². The Morgan fingerprint density at radius 2 is 0.615 bits per heavy atom. The van der Waals surface area contributed by atoms with Crippen LogP contribution in [-0.4, -0.2) is 20.5 Å². The maximum Gasteiger partial charge on any atom is 0.416 e. The van der Waals surface area contributed by atoms with E-state index >= 15 is 0 Å². The van der Waals surface area contributed by atoms with Crippen molar-refractivity contribution in [3.8, 4) is 17.2 Å².